The van der Waals surface area contributed by atoms with E-state index in [1.807, 2.05) is 29.2 Å². The zero-order valence-electron chi connectivity index (χ0n) is 17.8. The number of nitrogens with one attached hydrogen (secondary N) is 1. The van der Waals surface area contributed by atoms with Crippen molar-refractivity contribution in [2.24, 2.45) is 0 Å². The van der Waals surface area contributed by atoms with Crippen LogP contribution in [0.15, 0.2) is 42.9 Å². The fourth-order valence-corrected chi connectivity index (χ4v) is 4.45. The Labute approximate surface area is 194 Å². The van der Waals surface area contributed by atoms with Crippen LogP contribution in [0.25, 0.3) is 0 Å². The average Bonchev–Trinajstić information content (AvgIpc) is 3.19. The Morgan fingerprint density at radius 2 is 1.88 bits per heavy atom. The van der Waals surface area contributed by atoms with Crippen molar-refractivity contribution in [1.82, 2.24) is 20.2 Å². The van der Waals surface area contributed by atoms with Gasteiger partial charge in [-0.2, -0.15) is 13.2 Å². The number of nitrogens with zero attached hydrogens (tertiary/aromatic N) is 4. The molecule has 178 valence electrons. The van der Waals surface area contributed by atoms with E-state index in [2.05, 4.69) is 20.2 Å². The maximum Gasteiger partial charge on any atom is 0.490 e. The molecule has 0 radical (unpaired) electrons. The summed E-state index contributed by atoms with van der Waals surface area (Å²) in [6, 6.07) is 9.13. The SMILES string of the molecule is O=C(O[C@H]1CN(c2ccncn2)C[C@@H]1NC1CCN(Cc2ccc(Cl)cc2)CC1)C(F)(F)F. The lowest BCUT2D eigenvalue weighted by Crippen LogP contribution is -2.51. The van der Waals surface area contributed by atoms with Crippen LogP contribution in [0.5, 0.6) is 0 Å². The number of carbonyl (C=O) groups is 1. The summed E-state index contributed by atoms with van der Waals surface area (Å²) in [5, 5.41) is 4.15. The van der Waals surface area contributed by atoms with Crippen LogP contribution in [0.3, 0.4) is 0 Å². The number of hydrogen-bond acceptors (Lipinski definition) is 7. The molecule has 11 heteroatoms. The van der Waals surface area contributed by atoms with Crippen molar-refractivity contribution in [3.8, 4) is 0 Å². The first-order valence-corrected chi connectivity index (χ1v) is 11.2. The van der Waals surface area contributed by atoms with Crippen molar-refractivity contribution >= 4 is 23.4 Å². The Morgan fingerprint density at radius 1 is 1.15 bits per heavy atom. The first-order valence-electron chi connectivity index (χ1n) is 10.8. The quantitative estimate of drug-likeness (QED) is 0.633. The van der Waals surface area contributed by atoms with Gasteiger partial charge < -0.3 is 15.0 Å². The molecule has 0 unspecified atom stereocenters. The molecule has 1 aromatic heterocycles. The number of aromatic nitrogens is 2. The number of ether oxygens (including phenoxy) is 1. The zero-order valence-corrected chi connectivity index (χ0v) is 18.6. The van der Waals surface area contributed by atoms with Crippen molar-refractivity contribution in [2.45, 2.75) is 43.8 Å². The van der Waals surface area contributed by atoms with E-state index < -0.39 is 24.3 Å². The number of rotatable bonds is 6. The fourth-order valence-electron chi connectivity index (χ4n) is 4.32. The molecule has 2 aliphatic heterocycles. The van der Waals surface area contributed by atoms with E-state index in [1.54, 1.807) is 12.3 Å². The Morgan fingerprint density at radius 3 is 2.52 bits per heavy atom. The van der Waals surface area contributed by atoms with E-state index in [9.17, 15) is 18.0 Å². The molecular weight excluding hydrogens is 459 g/mol. The second-order valence-corrected chi connectivity index (χ2v) is 8.80. The minimum absolute atomic E-state index is 0.119. The molecule has 4 rings (SSSR count). The molecule has 0 amide bonds. The van der Waals surface area contributed by atoms with Gasteiger partial charge in [0.05, 0.1) is 12.6 Å². The van der Waals surface area contributed by atoms with Crippen molar-refractivity contribution in [1.29, 1.82) is 0 Å². The van der Waals surface area contributed by atoms with Gasteiger partial charge in [0.25, 0.3) is 0 Å². The van der Waals surface area contributed by atoms with Crippen LogP contribution in [0, 0.1) is 0 Å². The summed E-state index contributed by atoms with van der Waals surface area (Å²) in [5.41, 5.74) is 1.18. The van der Waals surface area contributed by atoms with Crippen molar-refractivity contribution in [2.75, 3.05) is 31.1 Å². The number of esters is 1. The molecule has 2 fully saturated rings. The molecule has 2 aliphatic rings. The summed E-state index contributed by atoms with van der Waals surface area (Å²) in [4.78, 5) is 23.7. The number of anilines is 1. The summed E-state index contributed by atoms with van der Waals surface area (Å²) in [7, 11) is 0. The molecule has 2 aromatic rings. The lowest BCUT2D eigenvalue weighted by molar-refractivity contribution is -0.204. The number of benzene rings is 1. The number of hydrogen-bond donors (Lipinski definition) is 1. The van der Waals surface area contributed by atoms with E-state index in [4.69, 9.17) is 16.3 Å². The van der Waals surface area contributed by atoms with Crippen molar-refractivity contribution in [3.63, 3.8) is 0 Å². The third-order valence-corrected chi connectivity index (χ3v) is 6.26. The van der Waals surface area contributed by atoms with E-state index in [1.165, 1.54) is 11.9 Å². The lowest BCUT2D eigenvalue weighted by atomic mass is 10.0. The number of piperidine rings is 1. The van der Waals surface area contributed by atoms with Gasteiger partial charge in [0.1, 0.15) is 18.2 Å². The lowest BCUT2D eigenvalue weighted by Gasteiger charge is -2.34. The number of alkyl halides is 3. The van der Waals surface area contributed by atoms with Gasteiger partial charge in [0, 0.05) is 30.4 Å². The monoisotopic (exact) mass is 483 g/mol. The summed E-state index contributed by atoms with van der Waals surface area (Å²) >= 11 is 5.95. The van der Waals surface area contributed by atoms with Crippen LogP contribution in [0.1, 0.15) is 18.4 Å². The van der Waals surface area contributed by atoms with E-state index in [0.717, 1.165) is 32.5 Å². The first kappa shape index (κ1) is 23.7. The van der Waals surface area contributed by atoms with Crippen LogP contribution < -0.4 is 10.2 Å². The van der Waals surface area contributed by atoms with E-state index in [0.29, 0.717) is 17.4 Å². The van der Waals surface area contributed by atoms with Crippen molar-refractivity contribution in [3.05, 3.63) is 53.4 Å². The summed E-state index contributed by atoms with van der Waals surface area (Å²) in [6.45, 7) is 3.05. The van der Waals surface area contributed by atoms with Crippen LogP contribution in [-0.4, -0.2) is 71.4 Å². The molecule has 2 atom stereocenters. The Kier molecular flexibility index (Phi) is 7.35. The first-order chi connectivity index (χ1) is 15.8. The number of likely N-dealkylation sites (tertiary alicyclic amines) is 1. The van der Waals surface area contributed by atoms with Gasteiger partial charge in [-0.1, -0.05) is 23.7 Å². The molecule has 0 spiro atoms. The molecule has 0 bridgehead atoms. The molecule has 0 aliphatic carbocycles. The summed E-state index contributed by atoms with van der Waals surface area (Å²) < 4.78 is 43.3. The van der Waals surface area contributed by atoms with Crippen molar-refractivity contribution < 1.29 is 22.7 Å². The third kappa shape index (κ3) is 6.33. The normalized spacial score (nSPS) is 22.5. The molecule has 3 heterocycles. The largest absolute Gasteiger partial charge is 0.490 e. The van der Waals surface area contributed by atoms with Gasteiger partial charge in [-0.15, -0.1) is 0 Å². The third-order valence-electron chi connectivity index (χ3n) is 6.00. The van der Waals surface area contributed by atoms with E-state index >= 15 is 0 Å². The summed E-state index contributed by atoms with van der Waals surface area (Å²) in [5.74, 6) is -1.58. The molecule has 0 saturated carbocycles. The zero-order chi connectivity index (χ0) is 23.4. The maximum atomic E-state index is 12.8. The highest BCUT2D eigenvalue weighted by Crippen LogP contribution is 2.25. The molecule has 1 aromatic carbocycles. The summed E-state index contributed by atoms with van der Waals surface area (Å²) in [6.07, 6.45) is -1.32. The molecule has 7 nitrogen and oxygen atoms in total. The van der Waals surface area contributed by atoms with Gasteiger partial charge >= 0.3 is 12.1 Å². The Hall–Kier alpha value is -2.43. The van der Waals surface area contributed by atoms with Crippen LogP contribution in [0.4, 0.5) is 19.0 Å². The van der Waals surface area contributed by atoms with Gasteiger partial charge in [0.15, 0.2) is 0 Å². The van der Waals surface area contributed by atoms with Crippen LogP contribution >= 0.6 is 11.6 Å². The van der Waals surface area contributed by atoms with Gasteiger partial charge in [0.2, 0.25) is 0 Å². The molecule has 2 saturated heterocycles. The highest BCUT2D eigenvalue weighted by atomic mass is 35.5. The highest BCUT2D eigenvalue weighted by Gasteiger charge is 2.46. The van der Waals surface area contributed by atoms with Gasteiger partial charge in [-0.25, -0.2) is 14.8 Å². The Balaban J connectivity index is 1.35. The molecule has 33 heavy (non-hydrogen) atoms. The highest BCUT2D eigenvalue weighted by molar-refractivity contribution is 6.30. The number of halogens is 4. The second kappa shape index (κ2) is 10.2. The smallest absolute Gasteiger partial charge is 0.452 e. The van der Waals surface area contributed by atoms with Gasteiger partial charge in [-0.05, 0) is 49.7 Å². The van der Waals surface area contributed by atoms with Crippen LogP contribution in [0.2, 0.25) is 5.02 Å². The number of carbonyl (C=O) groups excluding carboxylic acids is 1. The maximum absolute atomic E-state index is 12.8. The predicted octanol–water partition coefficient (Wildman–Crippen LogP) is 3.05. The predicted molar refractivity (Wildman–Crippen MR) is 117 cm³/mol. The standard InChI is InChI=1S/C22H25ClF3N5O2/c23-16-3-1-15(2-4-16)11-30-9-6-17(7-10-30)29-18-12-31(20-5-8-27-14-28-20)13-19(18)33-21(32)22(24,25)26/h1-5,8,14,17-19,29H,6-7,9-13H2/t18-,19-/m0/s1. The minimum atomic E-state index is -5.03. The van der Waals surface area contributed by atoms with Crippen LogP contribution in [-0.2, 0) is 16.1 Å². The van der Waals surface area contributed by atoms with Gasteiger partial charge in [-0.3, -0.25) is 4.90 Å². The molecule has 1 N–H and O–H groups in total. The van der Waals surface area contributed by atoms with E-state index in [-0.39, 0.29) is 12.6 Å². The average molecular weight is 484 g/mol. The fraction of sp³-hybridized carbons (Fsp3) is 0.500. The second-order valence-electron chi connectivity index (χ2n) is 8.36. The minimum Gasteiger partial charge on any atom is -0.452 e. The Bertz CT molecular complexity index is 924. The topological polar surface area (TPSA) is 70.6 Å². The molecular formula is C22H25ClF3N5O2.